The first-order chi connectivity index (χ1) is 11.0. The molecule has 0 fully saturated rings. The van der Waals surface area contributed by atoms with Crippen molar-refractivity contribution in [3.8, 4) is 11.5 Å². The first kappa shape index (κ1) is 20.8. The summed E-state index contributed by atoms with van der Waals surface area (Å²) in [4.78, 5) is 12.0. The molecule has 0 saturated heterocycles. The third kappa shape index (κ3) is 4.83. The van der Waals surface area contributed by atoms with Crippen LogP contribution in [0.1, 0.15) is 10.4 Å². The van der Waals surface area contributed by atoms with Crippen LogP contribution in [0.25, 0.3) is 0 Å². The molecule has 0 saturated carbocycles. The molecular weight excluding hydrogens is 792 g/mol. The van der Waals surface area contributed by atoms with Crippen molar-refractivity contribution in [1.82, 2.24) is 0 Å². The molecule has 0 aliphatic carbocycles. The Hall–Kier alpha value is 0.540. The highest BCUT2D eigenvalue weighted by atomic mass is 127. The predicted octanol–water partition coefficient (Wildman–Crippen LogP) is 4.28. The minimum absolute atomic E-state index is 0.00942. The number of aromatic hydroxyl groups is 1. The Morgan fingerprint density at radius 2 is 1.50 bits per heavy atom. The van der Waals surface area contributed by atoms with E-state index in [1.807, 2.05) is 45.2 Å². The van der Waals surface area contributed by atoms with Gasteiger partial charge in [0.25, 0.3) is 10.1 Å². The fourth-order valence-electron chi connectivity index (χ4n) is 1.73. The Morgan fingerprint density at radius 1 is 0.958 bits per heavy atom. The SMILES string of the molecule is O=C(Oc1cc(I)c(S(=O)(=O)O)c(I)c1)c1cc(I)cc(I)c1O. The number of phenols is 1. The Labute approximate surface area is 192 Å². The summed E-state index contributed by atoms with van der Waals surface area (Å²) in [6.07, 6.45) is 0. The van der Waals surface area contributed by atoms with Crippen LogP contribution in [-0.4, -0.2) is 24.0 Å². The molecule has 0 spiro atoms. The number of halogens is 4. The number of carbonyl (C=O) groups excluding carboxylic acids is 1. The highest BCUT2D eigenvalue weighted by Crippen LogP contribution is 2.31. The lowest BCUT2D eigenvalue weighted by molar-refractivity contribution is 0.0731. The first-order valence-electron chi connectivity index (χ1n) is 5.87. The zero-order valence-corrected chi connectivity index (χ0v) is 20.7. The number of carbonyl (C=O) groups is 1. The zero-order chi connectivity index (χ0) is 18.2. The van der Waals surface area contributed by atoms with Gasteiger partial charge in [0.2, 0.25) is 0 Å². The van der Waals surface area contributed by atoms with Crippen molar-refractivity contribution in [2.45, 2.75) is 4.90 Å². The van der Waals surface area contributed by atoms with Crippen LogP contribution in [0.5, 0.6) is 11.5 Å². The van der Waals surface area contributed by atoms with Crippen molar-refractivity contribution < 1.29 is 27.6 Å². The zero-order valence-electron chi connectivity index (χ0n) is 11.3. The molecule has 2 N–H and O–H groups in total. The van der Waals surface area contributed by atoms with E-state index in [0.29, 0.717) is 3.57 Å². The molecule has 0 radical (unpaired) electrons. The van der Waals surface area contributed by atoms with Gasteiger partial charge in [0, 0.05) is 10.7 Å². The maximum atomic E-state index is 12.3. The van der Waals surface area contributed by atoms with E-state index >= 15 is 0 Å². The first-order valence-corrected chi connectivity index (χ1v) is 11.6. The van der Waals surface area contributed by atoms with Gasteiger partial charge in [-0.2, -0.15) is 8.42 Å². The standard InChI is InChI=1S/C13H6I4O6S/c14-5-1-7(11(18)8(15)2-5)13(19)23-6-3-9(16)12(10(17)4-6)24(20,21)22/h1-4,18H,(H,20,21,22). The Kier molecular flexibility index (Phi) is 6.99. The fourth-order valence-corrected chi connectivity index (χ4v) is 7.56. The van der Waals surface area contributed by atoms with Crippen molar-refractivity contribution in [2.24, 2.45) is 0 Å². The lowest BCUT2D eigenvalue weighted by Gasteiger charge is -2.10. The average molecular weight is 798 g/mol. The summed E-state index contributed by atoms with van der Waals surface area (Å²) in [6, 6.07) is 5.84. The molecule has 0 amide bonds. The number of benzene rings is 2. The highest BCUT2D eigenvalue weighted by Gasteiger charge is 2.22. The van der Waals surface area contributed by atoms with Crippen LogP contribution in [0.15, 0.2) is 29.2 Å². The number of ether oxygens (including phenoxy) is 1. The second-order valence-corrected chi connectivity index (χ2v) is 10.5. The van der Waals surface area contributed by atoms with Gasteiger partial charge < -0.3 is 9.84 Å². The van der Waals surface area contributed by atoms with Gasteiger partial charge in [0.1, 0.15) is 22.0 Å². The molecular formula is C13H6I4O6S. The summed E-state index contributed by atoms with van der Waals surface area (Å²) in [5, 5.41) is 10.0. The molecule has 0 bridgehead atoms. The Morgan fingerprint density at radius 3 is 2.00 bits per heavy atom. The molecule has 128 valence electrons. The molecule has 2 aromatic rings. The lowest BCUT2D eigenvalue weighted by Crippen LogP contribution is -2.11. The number of rotatable bonds is 3. The van der Waals surface area contributed by atoms with E-state index < -0.39 is 16.1 Å². The monoisotopic (exact) mass is 798 g/mol. The molecule has 11 heteroatoms. The third-order valence-electron chi connectivity index (χ3n) is 2.69. The average Bonchev–Trinajstić information content (AvgIpc) is 2.40. The molecule has 24 heavy (non-hydrogen) atoms. The van der Waals surface area contributed by atoms with E-state index in [0.717, 1.165) is 3.57 Å². The fraction of sp³-hybridized carbons (Fsp3) is 0. The molecule has 0 aromatic heterocycles. The molecule has 2 rings (SSSR count). The minimum Gasteiger partial charge on any atom is -0.506 e. The van der Waals surface area contributed by atoms with E-state index in [1.165, 1.54) is 18.2 Å². The van der Waals surface area contributed by atoms with E-state index in [-0.39, 0.29) is 29.1 Å². The van der Waals surface area contributed by atoms with Crippen LogP contribution in [0, 0.1) is 14.3 Å². The predicted molar refractivity (Wildman–Crippen MR) is 120 cm³/mol. The van der Waals surface area contributed by atoms with Gasteiger partial charge in [-0.3, -0.25) is 4.55 Å². The normalized spacial score (nSPS) is 11.4. The van der Waals surface area contributed by atoms with Gasteiger partial charge in [0.05, 0.1) is 3.57 Å². The second kappa shape index (κ2) is 8.05. The number of esters is 1. The Balaban J connectivity index is 2.41. The molecule has 0 aliphatic heterocycles. The highest BCUT2D eigenvalue weighted by molar-refractivity contribution is 14.1. The van der Waals surface area contributed by atoms with Crippen LogP contribution in [0.3, 0.4) is 0 Å². The van der Waals surface area contributed by atoms with Crippen LogP contribution in [0.4, 0.5) is 0 Å². The lowest BCUT2D eigenvalue weighted by atomic mass is 10.2. The van der Waals surface area contributed by atoms with E-state index in [1.54, 1.807) is 51.2 Å². The van der Waals surface area contributed by atoms with Gasteiger partial charge in [-0.05, 0) is 115 Å². The third-order valence-corrected chi connectivity index (χ3v) is 7.52. The van der Waals surface area contributed by atoms with Gasteiger partial charge in [-0.1, -0.05) is 0 Å². The van der Waals surface area contributed by atoms with E-state index in [4.69, 9.17) is 4.74 Å². The topological polar surface area (TPSA) is 101 Å². The smallest absolute Gasteiger partial charge is 0.347 e. The van der Waals surface area contributed by atoms with Crippen molar-refractivity contribution in [2.75, 3.05) is 0 Å². The molecule has 6 nitrogen and oxygen atoms in total. The van der Waals surface area contributed by atoms with Gasteiger partial charge in [0.15, 0.2) is 0 Å². The summed E-state index contributed by atoms with van der Waals surface area (Å²) in [5.41, 5.74) is 0.00942. The van der Waals surface area contributed by atoms with Crippen molar-refractivity contribution >= 4 is 106 Å². The minimum atomic E-state index is -4.38. The van der Waals surface area contributed by atoms with Gasteiger partial charge >= 0.3 is 5.97 Å². The van der Waals surface area contributed by atoms with Crippen LogP contribution < -0.4 is 4.74 Å². The molecule has 0 heterocycles. The summed E-state index contributed by atoms with van der Waals surface area (Å²) in [6.45, 7) is 0. The van der Waals surface area contributed by atoms with Crippen molar-refractivity contribution in [3.05, 3.63) is 44.1 Å². The summed E-state index contributed by atoms with van der Waals surface area (Å²) in [7, 11) is -4.38. The second-order valence-electron chi connectivity index (χ2n) is 4.36. The number of hydrogen-bond donors (Lipinski definition) is 2. The van der Waals surface area contributed by atoms with E-state index in [2.05, 4.69) is 0 Å². The van der Waals surface area contributed by atoms with Crippen molar-refractivity contribution in [3.63, 3.8) is 0 Å². The van der Waals surface area contributed by atoms with Crippen LogP contribution >= 0.6 is 90.4 Å². The van der Waals surface area contributed by atoms with Crippen molar-refractivity contribution in [1.29, 1.82) is 0 Å². The maximum Gasteiger partial charge on any atom is 0.347 e. The number of phenolic OH excluding ortho intramolecular Hbond substituents is 1. The summed E-state index contributed by atoms with van der Waals surface area (Å²) in [5.74, 6) is -0.843. The number of hydrogen-bond acceptors (Lipinski definition) is 5. The molecule has 0 aliphatic rings. The van der Waals surface area contributed by atoms with Gasteiger partial charge in [-0.15, -0.1) is 0 Å². The summed E-state index contributed by atoms with van der Waals surface area (Å²) < 4.78 is 38.8. The van der Waals surface area contributed by atoms with Gasteiger partial charge in [-0.25, -0.2) is 4.79 Å². The van der Waals surface area contributed by atoms with Crippen LogP contribution in [-0.2, 0) is 10.1 Å². The quantitative estimate of drug-likeness (QED) is 0.209. The van der Waals surface area contributed by atoms with E-state index in [9.17, 15) is 22.9 Å². The molecule has 2 aromatic carbocycles. The summed E-state index contributed by atoms with van der Waals surface area (Å²) >= 11 is 7.38. The maximum absolute atomic E-state index is 12.3. The molecule has 0 atom stereocenters. The van der Waals surface area contributed by atoms with Crippen LogP contribution in [0.2, 0.25) is 0 Å². The molecule has 0 unspecified atom stereocenters. The largest absolute Gasteiger partial charge is 0.506 e. The Bertz CT molecular complexity index is 919.